The standard InChI is InChI=1S/C19H16N4O4/c1-12-8-17(16-10-15(27-2)6-7-18(16)21-12)19(24)22-20-11-13-4-3-5-14(9-13)23(25)26/h3-11H,1-2H3,(H,22,24). The van der Waals surface area contributed by atoms with E-state index in [0.717, 1.165) is 0 Å². The molecule has 1 N–H and O–H groups in total. The Morgan fingerprint density at radius 2 is 2.07 bits per heavy atom. The Morgan fingerprint density at radius 1 is 1.26 bits per heavy atom. The van der Waals surface area contributed by atoms with Crippen LogP contribution in [0.2, 0.25) is 0 Å². The lowest BCUT2D eigenvalue weighted by Gasteiger charge is -2.08. The average Bonchev–Trinajstić information content (AvgIpc) is 2.67. The zero-order chi connectivity index (χ0) is 19.4. The molecule has 2 aromatic carbocycles. The Balaban J connectivity index is 1.86. The lowest BCUT2D eigenvalue weighted by atomic mass is 10.1. The number of nitro benzene ring substituents is 1. The van der Waals surface area contributed by atoms with Gasteiger partial charge in [0.05, 0.1) is 29.3 Å². The number of carbonyl (C=O) groups is 1. The fourth-order valence-corrected chi connectivity index (χ4v) is 2.60. The first-order valence-electron chi connectivity index (χ1n) is 8.01. The van der Waals surface area contributed by atoms with E-state index in [0.29, 0.717) is 33.5 Å². The number of nitrogens with one attached hydrogen (secondary N) is 1. The van der Waals surface area contributed by atoms with Gasteiger partial charge in [0.2, 0.25) is 0 Å². The number of hydrogen-bond acceptors (Lipinski definition) is 6. The fourth-order valence-electron chi connectivity index (χ4n) is 2.60. The highest BCUT2D eigenvalue weighted by molar-refractivity contribution is 6.06. The van der Waals surface area contributed by atoms with Crippen LogP contribution in [0.25, 0.3) is 10.9 Å². The molecule has 3 rings (SSSR count). The predicted molar refractivity (Wildman–Crippen MR) is 101 cm³/mol. The highest BCUT2D eigenvalue weighted by Crippen LogP contribution is 2.23. The summed E-state index contributed by atoms with van der Waals surface area (Å²) in [5.41, 5.74) is 4.67. The number of non-ortho nitro benzene ring substituents is 1. The van der Waals surface area contributed by atoms with Gasteiger partial charge in [-0.15, -0.1) is 0 Å². The van der Waals surface area contributed by atoms with Crippen molar-refractivity contribution >= 4 is 28.7 Å². The third-order valence-corrected chi connectivity index (χ3v) is 3.85. The lowest BCUT2D eigenvalue weighted by Crippen LogP contribution is -2.18. The van der Waals surface area contributed by atoms with Crippen molar-refractivity contribution in [2.45, 2.75) is 6.92 Å². The Labute approximate surface area is 154 Å². The second kappa shape index (κ2) is 7.61. The van der Waals surface area contributed by atoms with Crippen LogP contribution < -0.4 is 10.2 Å². The van der Waals surface area contributed by atoms with E-state index in [4.69, 9.17) is 4.74 Å². The zero-order valence-electron chi connectivity index (χ0n) is 14.7. The molecule has 0 fully saturated rings. The number of rotatable bonds is 5. The molecule has 0 unspecified atom stereocenters. The van der Waals surface area contributed by atoms with Crippen LogP contribution in [0, 0.1) is 17.0 Å². The molecule has 1 heterocycles. The van der Waals surface area contributed by atoms with Gasteiger partial charge in [-0.25, -0.2) is 5.43 Å². The van der Waals surface area contributed by atoms with Crippen LogP contribution in [0.15, 0.2) is 53.6 Å². The van der Waals surface area contributed by atoms with Gasteiger partial charge >= 0.3 is 0 Å². The van der Waals surface area contributed by atoms with Crippen LogP contribution in [0.4, 0.5) is 5.69 Å². The van der Waals surface area contributed by atoms with Crippen molar-refractivity contribution in [1.29, 1.82) is 0 Å². The number of carbonyl (C=O) groups excluding carboxylic acids is 1. The number of methoxy groups -OCH3 is 1. The molecule has 0 radical (unpaired) electrons. The summed E-state index contributed by atoms with van der Waals surface area (Å²) in [4.78, 5) is 27.3. The lowest BCUT2D eigenvalue weighted by molar-refractivity contribution is -0.384. The number of aromatic nitrogens is 1. The molecule has 136 valence electrons. The maximum Gasteiger partial charge on any atom is 0.272 e. The second-order valence-corrected chi connectivity index (χ2v) is 5.75. The number of fused-ring (bicyclic) bond motifs is 1. The molecule has 0 atom stereocenters. The predicted octanol–water partition coefficient (Wildman–Crippen LogP) is 3.22. The molecule has 27 heavy (non-hydrogen) atoms. The minimum Gasteiger partial charge on any atom is -0.497 e. The highest BCUT2D eigenvalue weighted by atomic mass is 16.6. The van der Waals surface area contributed by atoms with E-state index >= 15 is 0 Å². The largest absolute Gasteiger partial charge is 0.497 e. The SMILES string of the molecule is COc1ccc2nc(C)cc(C(=O)NN=Cc3cccc([N+](=O)[O-])c3)c2c1. The Kier molecular flexibility index (Phi) is 5.07. The van der Waals surface area contributed by atoms with Gasteiger partial charge < -0.3 is 4.74 Å². The summed E-state index contributed by atoms with van der Waals surface area (Å²) < 4.78 is 5.21. The van der Waals surface area contributed by atoms with Gasteiger partial charge in [0.15, 0.2) is 0 Å². The molecule has 0 saturated carbocycles. The van der Waals surface area contributed by atoms with E-state index in [1.54, 1.807) is 50.4 Å². The van der Waals surface area contributed by atoms with Crippen molar-refractivity contribution in [2.75, 3.05) is 7.11 Å². The number of amides is 1. The van der Waals surface area contributed by atoms with Crippen LogP contribution in [-0.4, -0.2) is 29.1 Å². The molecule has 0 aliphatic heterocycles. The van der Waals surface area contributed by atoms with E-state index in [-0.39, 0.29) is 5.69 Å². The van der Waals surface area contributed by atoms with Crippen molar-refractivity contribution < 1.29 is 14.5 Å². The molecule has 0 spiro atoms. The maximum absolute atomic E-state index is 12.6. The summed E-state index contributed by atoms with van der Waals surface area (Å²) >= 11 is 0. The normalized spacial score (nSPS) is 10.9. The summed E-state index contributed by atoms with van der Waals surface area (Å²) in [6, 6.07) is 12.9. The molecule has 0 bridgehead atoms. The van der Waals surface area contributed by atoms with E-state index in [1.165, 1.54) is 18.3 Å². The Bertz CT molecular complexity index is 1060. The number of nitrogens with zero attached hydrogens (tertiary/aromatic N) is 3. The number of ether oxygens (including phenoxy) is 1. The van der Waals surface area contributed by atoms with Crippen molar-refractivity contribution in [3.05, 3.63) is 75.5 Å². The molecule has 8 heteroatoms. The van der Waals surface area contributed by atoms with Crippen molar-refractivity contribution in [3.8, 4) is 5.75 Å². The van der Waals surface area contributed by atoms with E-state index in [2.05, 4.69) is 15.5 Å². The van der Waals surface area contributed by atoms with Gasteiger partial charge in [0, 0.05) is 28.8 Å². The van der Waals surface area contributed by atoms with Crippen LogP contribution in [0.5, 0.6) is 5.75 Å². The first-order chi connectivity index (χ1) is 13.0. The van der Waals surface area contributed by atoms with E-state index < -0.39 is 10.8 Å². The minimum absolute atomic E-state index is 0.0480. The smallest absolute Gasteiger partial charge is 0.272 e. The third-order valence-electron chi connectivity index (χ3n) is 3.85. The third kappa shape index (κ3) is 4.06. The van der Waals surface area contributed by atoms with Crippen molar-refractivity contribution in [3.63, 3.8) is 0 Å². The monoisotopic (exact) mass is 364 g/mol. The van der Waals surface area contributed by atoms with Crippen LogP contribution in [0.1, 0.15) is 21.6 Å². The topological polar surface area (TPSA) is 107 Å². The number of benzene rings is 2. The second-order valence-electron chi connectivity index (χ2n) is 5.75. The number of aryl methyl sites for hydroxylation is 1. The molecule has 1 aromatic heterocycles. The van der Waals surface area contributed by atoms with E-state index in [1.807, 2.05) is 0 Å². The van der Waals surface area contributed by atoms with Gasteiger partial charge in [-0.3, -0.25) is 19.9 Å². The van der Waals surface area contributed by atoms with Gasteiger partial charge in [0.25, 0.3) is 11.6 Å². The van der Waals surface area contributed by atoms with Crippen molar-refractivity contribution in [1.82, 2.24) is 10.4 Å². The summed E-state index contributed by atoms with van der Waals surface area (Å²) in [5, 5.41) is 15.3. The molecule has 0 saturated heterocycles. The molecule has 0 aliphatic carbocycles. The van der Waals surface area contributed by atoms with Gasteiger partial charge in [-0.1, -0.05) is 12.1 Å². The van der Waals surface area contributed by atoms with Gasteiger partial charge in [0.1, 0.15) is 5.75 Å². The minimum atomic E-state index is -0.491. The average molecular weight is 364 g/mol. The fraction of sp³-hybridized carbons (Fsp3) is 0.105. The number of nitro groups is 1. The first-order valence-corrected chi connectivity index (χ1v) is 8.01. The quantitative estimate of drug-likeness (QED) is 0.425. The maximum atomic E-state index is 12.6. The van der Waals surface area contributed by atoms with Crippen LogP contribution >= 0.6 is 0 Å². The summed E-state index contributed by atoms with van der Waals surface area (Å²) in [6.45, 7) is 1.80. The molecule has 0 aliphatic rings. The molecular formula is C19H16N4O4. The van der Waals surface area contributed by atoms with Crippen LogP contribution in [-0.2, 0) is 0 Å². The zero-order valence-corrected chi connectivity index (χ0v) is 14.7. The molecule has 3 aromatic rings. The number of pyridine rings is 1. The number of hydrazone groups is 1. The molecule has 8 nitrogen and oxygen atoms in total. The molecule has 1 amide bonds. The van der Waals surface area contributed by atoms with E-state index in [9.17, 15) is 14.9 Å². The highest BCUT2D eigenvalue weighted by Gasteiger charge is 2.12. The summed E-state index contributed by atoms with van der Waals surface area (Å²) in [6.07, 6.45) is 1.35. The summed E-state index contributed by atoms with van der Waals surface area (Å²) in [5.74, 6) is 0.197. The Morgan fingerprint density at radius 3 is 2.81 bits per heavy atom. The molecular weight excluding hydrogens is 348 g/mol. The number of hydrogen-bond donors (Lipinski definition) is 1. The van der Waals surface area contributed by atoms with Crippen molar-refractivity contribution in [2.24, 2.45) is 5.10 Å². The Hall–Kier alpha value is -3.81. The first kappa shape index (κ1) is 18.0. The van der Waals surface area contributed by atoms with Gasteiger partial charge in [-0.2, -0.15) is 5.10 Å². The van der Waals surface area contributed by atoms with Gasteiger partial charge in [-0.05, 0) is 31.2 Å². The van der Waals surface area contributed by atoms with Crippen LogP contribution in [0.3, 0.4) is 0 Å². The summed E-state index contributed by atoms with van der Waals surface area (Å²) in [7, 11) is 1.55.